The second-order valence-corrected chi connectivity index (χ2v) is 7.37. The van der Waals surface area contributed by atoms with Crippen molar-refractivity contribution < 1.29 is 4.79 Å². The van der Waals surface area contributed by atoms with Crippen molar-refractivity contribution in [3.63, 3.8) is 0 Å². The quantitative estimate of drug-likeness (QED) is 0.800. The molecule has 1 heterocycles. The molecule has 1 unspecified atom stereocenters. The molecule has 0 radical (unpaired) electrons. The van der Waals surface area contributed by atoms with E-state index in [1.54, 1.807) is 12.4 Å². The van der Waals surface area contributed by atoms with E-state index in [0.29, 0.717) is 20.8 Å². The average molecular weight is 369 g/mol. The molecule has 1 amide bonds. The predicted molar refractivity (Wildman–Crippen MR) is 85.3 cm³/mol. The van der Waals surface area contributed by atoms with Crippen LogP contribution in [0.2, 0.25) is 15.1 Å². The second-order valence-electron chi connectivity index (χ2n) is 3.70. The van der Waals surface area contributed by atoms with Gasteiger partial charge in [0.1, 0.15) is 5.51 Å². The van der Waals surface area contributed by atoms with Crippen LogP contribution in [0.4, 0.5) is 5.69 Å². The first-order valence-corrected chi connectivity index (χ1v) is 8.25. The Morgan fingerprint density at radius 3 is 2.55 bits per heavy atom. The summed E-state index contributed by atoms with van der Waals surface area (Å²) in [7, 11) is 0. The minimum absolute atomic E-state index is 0.226. The Morgan fingerprint density at radius 2 is 2.00 bits per heavy atom. The Hall–Kier alpha value is -0.530. The number of hydrogen-bond acceptors (Lipinski definition) is 5. The number of halogens is 3. The maximum atomic E-state index is 12.1. The van der Waals surface area contributed by atoms with Gasteiger partial charge in [-0.25, -0.2) is 0 Å². The van der Waals surface area contributed by atoms with Crippen molar-refractivity contribution >= 4 is 69.5 Å². The van der Waals surface area contributed by atoms with Crippen LogP contribution in [0.15, 0.2) is 22.0 Å². The van der Waals surface area contributed by atoms with E-state index in [9.17, 15) is 4.79 Å². The molecule has 0 aliphatic heterocycles. The number of hydrogen-bond donors (Lipinski definition) is 1. The smallest absolute Gasteiger partial charge is 0.237 e. The number of nitrogens with one attached hydrogen (secondary N) is 1. The van der Waals surface area contributed by atoms with Gasteiger partial charge in [-0.05, 0) is 19.1 Å². The number of amides is 1. The molecule has 0 bridgehead atoms. The van der Waals surface area contributed by atoms with Gasteiger partial charge >= 0.3 is 0 Å². The molecule has 4 nitrogen and oxygen atoms in total. The van der Waals surface area contributed by atoms with Crippen LogP contribution in [0.1, 0.15) is 6.92 Å². The molecule has 0 saturated heterocycles. The Balaban J connectivity index is 2.08. The highest BCUT2D eigenvalue weighted by Crippen LogP contribution is 2.34. The van der Waals surface area contributed by atoms with E-state index in [2.05, 4.69) is 15.5 Å². The summed E-state index contributed by atoms with van der Waals surface area (Å²) < 4.78 is 0.723. The third kappa shape index (κ3) is 3.99. The van der Waals surface area contributed by atoms with Gasteiger partial charge in [0, 0.05) is 5.02 Å². The van der Waals surface area contributed by atoms with Crippen molar-refractivity contribution in [1.82, 2.24) is 10.2 Å². The summed E-state index contributed by atoms with van der Waals surface area (Å²) in [5.41, 5.74) is 1.97. The van der Waals surface area contributed by atoms with Gasteiger partial charge in [-0.2, -0.15) is 0 Å². The van der Waals surface area contributed by atoms with Gasteiger partial charge in [0.05, 0.1) is 21.0 Å². The zero-order valence-electron chi connectivity index (χ0n) is 10.1. The van der Waals surface area contributed by atoms with Crippen molar-refractivity contribution in [2.45, 2.75) is 16.5 Å². The molecule has 2 aromatic rings. The summed E-state index contributed by atoms with van der Waals surface area (Å²) in [6.07, 6.45) is 0. The normalized spacial score (nSPS) is 12.2. The molecule has 1 aromatic carbocycles. The molecule has 1 atom stereocenters. The van der Waals surface area contributed by atoms with Gasteiger partial charge in [-0.15, -0.1) is 10.2 Å². The standard InChI is InChI=1S/C11H8Cl3N3OS2/c1-5(20-11-17-15-4-19-11)10(18)16-9-7(13)2-6(12)3-8(9)14/h2-5H,1H3,(H,16,18). The van der Waals surface area contributed by atoms with E-state index in [1.807, 2.05) is 0 Å². The molecule has 106 valence electrons. The molecule has 0 fully saturated rings. The molecular formula is C11H8Cl3N3OS2. The van der Waals surface area contributed by atoms with Crippen LogP contribution in [-0.4, -0.2) is 21.4 Å². The SMILES string of the molecule is CC(Sc1nncs1)C(=O)Nc1c(Cl)cc(Cl)cc1Cl. The third-order valence-corrected chi connectivity index (χ3v) is 4.97. The van der Waals surface area contributed by atoms with Crippen molar-refractivity contribution in [2.75, 3.05) is 5.32 Å². The Bertz CT molecular complexity index is 598. The minimum Gasteiger partial charge on any atom is -0.323 e. The van der Waals surface area contributed by atoms with E-state index in [-0.39, 0.29) is 11.2 Å². The average Bonchev–Trinajstić information content (AvgIpc) is 2.86. The molecule has 0 saturated carbocycles. The summed E-state index contributed by atoms with van der Waals surface area (Å²) in [4.78, 5) is 12.1. The van der Waals surface area contributed by atoms with E-state index >= 15 is 0 Å². The highest BCUT2D eigenvalue weighted by molar-refractivity contribution is 8.02. The summed E-state index contributed by atoms with van der Waals surface area (Å²) in [6, 6.07) is 3.04. The van der Waals surface area contributed by atoms with Crippen LogP contribution in [0.3, 0.4) is 0 Å². The maximum absolute atomic E-state index is 12.1. The molecule has 9 heteroatoms. The summed E-state index contributed by atoms with van der Waals surface area (Å²) in [6.45, 7) is 1.76. The third-order valence-electron chi connectivity index (χ3n) is 2.24. The largest absolute Gasteiger partial charge is 0.323 e. The molecule has 1 N–H and O–H groups in total. The van der Waals surface area contributed by atoms with E-state index in [4.69, 9.17) is 34.8 Å². The van der Waals surface area contributed by atoms with Crippen LogP contribution >= 0.6 is 57.9 Å². The van der Waals surface area contributed by atoms with Crippen molar-refractivity contribution in [3.05, 3.63) is 32.7 Å². The van der Waals surface area contributed by atoms with Crippen molar-refractivity contribution in [1.29, 1.82) is 0 Å². The fourth-order valence-corrected chi connectivity index (χ4v) is 3.84. The fourth-order valence-electron chi connectivity index (χ4n) is 1.31. The van der Waals surface area contributed by atoms with Gasteiger partial charge in [-0.3, -0.25) is 4.79 Å². The molecule has 0 aliphatic carbocycles. The molecule has 0 spiro atoms. The number of rotatable bonds is 4. The van der Waals surface area contributed by atoms with E-state index < -0.39 is 0 Å². The van der Waals surface area contributed by atoms with Crippen LogP contribution in [0.5, 0.6) is 0 Å². The van der Waals surface area contributed by atoms with E-state index in [0.717, 1.165) is 4.34 Å². The van der Waals surface area contributed by atoms with Crippen LogP contribution < -0.4 is 5.32 Å². The van der Waals surface area contributed by atoms with Crippen molar-refractivity contribution in [3.8, 4) is 0 Å². The minimum atomic E-state index is -0.356. The van der Waals surface area contributed by atoms with Crippen LogP contribution in [-0.2, 0) is 4.79 Å². The van der Waals surface area contributed by atoms with Gasteiger partial charge in [0.2, 0.25) is 5.91 Å². The number of aromatic nitrogens is 2. The van der Waals surface area contributed by atoms with Gasteiger partial charge in [0.25, 0.3) is 0 Å². The first-order chi connectivity index (χ1) is 9.47. The Morgan fingerprint density at radius 1 is 1.35 bits per heavy atom. The topological polar surface area (TPSA) is 54.9 Å². The molecule has 2 rings (SSSR count). The van der Waals surface area contributed by atoms with Crippen LogP contribution in [0.25, 0.3) is 0 Å². The number of carbonyl (C=O) groups excluding carboxylic acids is 1. The summed E-state index contributed by atoms with van der Waals surface area (Å²) in [5, 5.41) is 10.9. The molecule has 1 aromatic heterocycles. The molecule has 0 aliphatic rings. The van der Waals surface area contributed by atoms with Gasteiger partial charge in [-0.1, -0.05) is 57.9 Å². The maximum Gasteiger partial charge on any atom is 0.237 e. The number of nitrogens with zero attached hydrogens (tertiary/aromatic N) is 2. The monoisotopic (exact) mass is 367 g/mol. The zero-order chi connectivity index (χ0) is 14.7. The Kier molecular flexibility index (Phi) is 5.51. The molecular weight excluding hydrogens is 361 g/mol. The fraction of sp³-hybridized carbons (Fsp3) is 0.182. The number of anilines is 1. The highest BCUT2D eigenvalue weighted by atomic mass is 35.5. The highest BCUT2D eigenvalue weighted by Gasteiger charge is 2.19. The lowest BCUT2D eigenvalue weighted by molar-refractivity contribution is -0.115. The lowest BCUT2D eigenvalue weighted by Crippen LogP contribution is -2.22. The lowest BCUT2D eigenvalue weighted by atomic mass is 10.3. The Labute approximate surface area is 138 Å². The summed E-state index contributed by atoms with van der Waals surface area (Å²) in [5.74, 6) is -0.226. The number of thioether (sulfide) groups is 1. The number of benzene rings is 1. The molecule has 20 heavy (non-hydrogen) atoms. The first kappa shape index (κ1) is 15.9. The van der Waals surface area contributed by atoms with Gasteiger partial charge in [0.15, 0.2) is 4.34 Å². The second kappa shape index (κ2) is 6.95. The zero-order valence-corrected chi connectivity index (χ0v) is 14.0. The predicted octanol–water partition coefficient (Wildman–Crippen LogP) is 4.62. The van der Waals surface area contributed by atoms with Gasteiger partial charge < -0.3 is 5.32 Å². The van der Waals surface area contributed by atoms with Crippen molar-refractivity contribution in [2.24, 2.45) is 0 Å². The van der Waals surface area contributed by atoms with E-state index in [1.165, 1.54) is 35.2 Å². The number of carbonyl (C=O) groups is 1. The lowest BCUT2D eigenvalue weighted by Gasteiger charge is -2.13. The summed E-state index contributed by atoms with van der Waals surface area (Å²) >= 11 is 20.5. The first-order valence-electron chi connectivity index (χ1n) is 5.35. The van der Waals surface area contributed by atoms with Crippen LogP contribution in [0, 0.1) is 0 Å².